The molecule has 2 heteroatoms. The molecule has 1 saturated carbocycles. The summed E-state index contributed by atoms with van der Waals surface area (Å²) in [6, 6.07) is 0.805. The molecule has 1 N–H and O–H groups in total. The first-order chi connectivity index (χ1) is 7.54. The molecule has 2 aliphatic rings. The van der Waals surface area contributed by atoms with Crippen LogP contribution in [0.25, 0.3) is 0 Å². The maximum atomic E-state index is 3.66. The third-order valence-electron chi connectivity index (χ3n) is 4.08. The van der Waals surface area contributed by atoms with Gasteiger partial charge in [-0.15, -0.1) is 0 Å². The van der Waals surface area contributed by atoms with Crippen LogP contribution in [0.3, 0.4) is 0 Å². The van der Waals surface area contributed by atoms with E-state index in [-0.39, 0.29) is 5.54 Å². The number of nitrogens with zero attached hydrogens (tertiary/aromatic N) is 1. The second kappa shape index (κ2) is 5.05. The van der Waals surface area contributed by atoms with Crippen LogP contribution in [0.4, 0.5) is 0 Å². The highest BCUT2D eigenvalue weighted by molar-refractivity contribution is 4.86. The van der Waals surface area contributed by atoms with Crippen LogP contribution in [0.1, 0.15) is 52.9 Å². The van der Waals surface area contributed by atoms with Gasteiger partial charge in [0, 0.05) is 24.7 Å². The summed E-state index contributed by atoms with van der Waals surface area (Å²) in [4.78, 5) is 2.74. The summed E-state index contributed by atoms with van der Waals surface area (Å²) >= 11 is 0. The Kier molecular flexibility index (Phi) is 3.91. The normalized spacial score (nSPS) is 28.3. The molecule has 1 aliphatic heterocycles. The number of likely N-dealkylation sites (tertiary alicyclic amines) is 1. The summed E-state index contributed by atoms with van der Waals surface area (Å²) in [7, 11) is 0. The van der Waals surface area contributed by atoms with Gasteiger partial charge in [0.1, 0.15) is 0 Å². The highest BCUT2D eigenvalue weighted by Crippen LogP contribution is 2.29. The van der Waals surface area contributed by atoms with Crippen LogP contribution in [0.5, 0.6) is 0 Å². The Morgan fingerprint density at radius 1 is 1.12 bits per heavy atom. The van der Waals surface area contributed by atoms with E-state index in [1.54, 1.807) is 0 Å². The monoisotopic (exact) mass is 224 g/mol. The molecular weight excluding hydrogens is 196 g/mol. The van der Waals surface area contributed by atoms with Gasteiger partial charge in [-0.2, -0.15) is 0 Å². The van der Waals surface area contributed by atoms with Gasteiger partial charge >= 0.3 is 0 Å². The Morgan fingerprint density at radius 3 is 2.44 bits per heavy atom. The Morgan fingerprint density at radius 2 is 1.88 bits per heavy atom. The van der Waals surface area contributed by atoms with Crippen LogP contribution in [-0.2, 0) is 0 Å². The van der Waals surface area contributed by atoms with E-state index in [1.807, 2.05) is 0 Å². The van der Waals surface area contributed by atoms with Crippen LogP contribution in [0.2, 0.25) is 0 Å². The first kappa shape index (κ1) is 12.4. The molecule has 2 nitrogen and oxygen atoms in total. The van der Waals surface area contributed by atoms with E-state index in [1.165, 1.54) is 51.7 Å². The number of nitrogens with one attached hydrogen (secondary N) is 1. The molecule has 94 valence electrons. The fraction of sp³-hybridized carbons (Fsp3) is 1.00. The summed E-state index contributed by atoms with van der Waals surface area (Å²) < 4.78 is 0. The predicted octanol–water partition coefficient (Wildman–Crippen LogP) is 2.64. The van der Waals surface area contributed by atoms with E-state index in [9.17, 15) is 0 Å². The van der Waals surface area contributed by atoms with Gasteiger partial charge in [0.05, 0.1) is 0 Å². The zero-order valence-corrected chi connectivity index (χ0v) is 11.3. The highest BCUT2D eigenvalue weighted by atomic mass is 15.2. The molecule has 0 aromatic carbocycles. The fourth-order valence-electron chi connectivity index (χ4n) is 2.80. The molecule has 1 saturated heterocycles. The SMILES string of the molecule is CC(C)(C)NCC1CCCN1CC1CCC1. The minimum atomic E-state index is 0.269. The predicted molar refractivity (Wildman–Crippen MR) is 69.7 cm³/mol. The lowest BCUT2D eigenvalue weighted by Gasteiger charge is -2.34. The maximum absolute atomic E-state index is 3.66. The fourth-order valence-corrected chi connectivity index (χ4v) is 2.80. The van der Waals surface area contributed by atoms with Crippen molar-refractivity contribution in [2.75, 3.05) is 19.6 Å². The van der Waals surface area contributed by atoms with Crippen molar-refractivity contribution in [3.63, 3.8) is 0 Å². The van der Waals surface area contributed by atoms with Gasteiger partial charge in [-0.25, -0.2) is 0 Å². The van der Waals surface area contributed by atoms with Gasteiger partial charge in [-0.1, -0.05) is 6.42 Å². The largest absolute Gasteiger partial charge is 0.311 e. The zero-order chi connectivity index (χ0) is 11.6. The molecule has 1 heterocycles. The van der Waals surface area contributed by atoms with Gasteiger partial charge < -0.3 is 5.32 Å². The Hall–Kier alpha value is -0.0800. The van der Waals surface area contributed by atoms with Gasteiger partial charge in [-0.05, 0) is 58.9 Å². The third-order valence-corrected chi connectivity index (χ3v) is 4.08. The molecule has 2 fully saturated rings. The Balaban J connectivity index is 1.74. The first-order valence-corrected chi connectivity index (χ1v) is 7.04. The number of hydrogen-bond acceptors (Lipinski definition) is 2. The second-order valence-corrected chi connectivity index (χ2v) is 6.72. The van der Waals surface area contributed by atoms with Crippen molar-refractivity contribution in [2.24, 2.45) is 5.92 Å². The van der Waals surface area contributed by atoms with E-state index in [0.717, 1.165) is 12.0 Å². The smallest absolute Gasteiger partial charge is 0.0221 e. The molecule has 0 amide bonds. The molecule has 0 aromatic heterocycles. The number of hydrogen-bond donors (Lipinski definition) is 1. The summed E-state index contributed by atoms with van der Waals surface area (Å²) in [6.07, 6.45) is 7.24. The minimum Gasteiger partial charge on any atom is -0.311 e. The van der Waals surface area contributed by atoms with Crippen LogP contribution in [0.15, 0.2) is 0 Å². The number of rotatable bonds is 4. The summed E-state index contributed by atoms with van der Waals surface area (Å²) in [5, 5.41) is 3.66. The first-order valence-electron chi connectivity index (χ1n) is 7.04. The van der Waals surface area contributed by atoms with Gasteiger partial charge in [0.15, 0.2) is 0 Å². The van der Waals surface area contributed by atoms with Gasteiger partial charge in [0.2, 0.25) is 0 Å². The lowest BCUT2D eigenvalue weighted by molar-refractivity contribution is 0.159. The molecule has 0 radical (unpaired) electrons. The quantitative estimate of drug-likeness (QED) is 0.790. The summed E-state index contributed by atoms with van der Waals surface area (Å²) in [5.74, 6) is 1.02. The third kappa shape index (κ3) is 3.46. The van der Waals surface area contributed by atoms with E-state index >= 15 is 0 Å². The molecule has 1 atom stereocenters. The maximum Gasteiger partial charge on any atom is 0.0221 e. The van der Waals surface area contributed by atoms with E-state index < -0.39 is 0 Å². The molecule has 0 bridgehead atoms. The molecular formula is C14H28N2. The lowest BCUT2D eigenvalue weighted by Crippen LogP contribution is -2.46. The van der Waals surface area contributed by atoms with E-state index in [2.05, 4.69) is 31.0 Å². The molecule has 0 aromatic rings. The molecule has 2 rings (SSSR count). The van der Waals surface area contributed by atoms with Crippen LogP contribution < -0.4 is 5.32 Å². The van der Waals surface area contributed by atoms with Gasteiger partial charge in [-0.3, -0.25) is 4.90 Å². The minimum absolute atomic E-state index is 0.269. The molecule has 16 heavy (non-hydrogen) atoms. The van der Waals surface area contributed by atoms with E-state index in [4.69, 9.17) is 0 Å². The van der Waals surface area contributed by atoms with Crippen molar-refractivity contribution in [1.82, 2.24) is 10.2 Å². The Labute approximate surface area is 101 Å². The standard InChI is InChI=1S/C14H28N2/c1-14(2,3)15-10-13-8-5-9-16(13)11-12-6-4-7-12/h12-13,15H,4-11H2,1-3H3. The van der Waals surface area contributed by atoms with Crippen molar-refractivity contribution in [3.8, 4) is 0 Å². The van der Waals surface area contributed by atoms with Crippen molar-refractivity contribution in [2.45, 2.75) is 64.5 Å². The van der Waals surface area contributed by atoms with Crippen molar-refractivity contribution >= 4 is 0 Å². The Bertz CT molecular complexity index is 215. The summed E-state index contributed by atoms with van der Waals surface area (Å²) in [6.45, 7) is 10.7. The second-order valence-electron chi connectivity index (χ2n) is 6.72. The molecule has 1 aliphatic carbocycles. The van der Waals surface area contributed by atoms with E-state index in [0.29, 0.717) is 0 Å². The van der Waals surface area contributed by atoms with Gasteiger partial charge in [0.25, 0.3) is 0 Å². The van der Waals surface area contributed by atoms with Crippen LogP contribution in [0, 0.1) is 5.92 Å². The van der Waals surface area contributed by atoms with Crippen LogP contribution >= 0.6 is 0 Å². The molecule has 0 spiro atoms. The average Bonchev–Trinajstić information content (AvgIpc) is 2.54. The van der Waals surface area contributed by atoms with Crippen molar-refractivity contribution < 1.29 is 0 Å². The lowest BCUT2D eigenvalue weighted by atomic mass is 9.85. The summed E-state index contributed by atoms with van der Waals surface area (Å²) in [5.41, 5.74) is 0.269. The highest BCUT2D eigenvalue weighted by Gasteiger charge is 2.29. The van der Waals surface area contributed by atoms with Crippen LogP contribution in [-0.4, -0.2) is 36.1 Å². The zero-order valence-electron chi connectivity index (χ0n) is 11.3. The molecule has 1 unspecified atom stereocenters. The van der Waals surface area contributed by atoms with Crippen molar-refractivity contribution in [3.05, 3.63) is 0 Å². The topological polar surface area (TPSA) is 15.3 Å². The average molecular weight is 224 g/mol. The van der Waals surface area contributed by atoms with Crippen molar-refractivity contribution in [1.29, 1.82) is 0 Å².